The predicted molar refractivity (Wildman–Crippen MR) is 66.7 cm³/mol. The quantitative estimate of drug-likeness (QED) is 0.871. The number of morpholine rings is 1. The van der Waals surface area contributed by atoms with Gasteiger partial charge in [0.15, 0.2) is 0 Å². The number of hydrogen-bond donors (Lipinski definition) is 1. The molecule has 17 heavy (non-hydrogen) atoms. The molecule has 1 N–H and O–H groups in total. The van der Waals surface area contributed by atoms with E-state index < -0.39 is 0 Å². The number of nitrogens with zero attached hydrogens (tertiary/aromatic N) is 2. The summed E-state index contributed by atoms with van der Waals surface area (Å²) in [6, 6.07) is 0. The highest BCUT2D eigenvalue weighted by Crippen LogP contribution is 2.27. The van der Waals surface area contributed by atoms with Crippen LogP contribution in [0.2, 0.25) is 5.02 Å². The number of ether oxygens (including phenoxy) is 1. The first-order valence-corrected chi connectivity index (χ1v) is 6.05. The van der Waals surface area contributed by atoms with E-state index in [-0.39, 0.29) is 16.2 Å². The lowest BCUT2D eigenvalue weighted by molar-refractivity contribution is -0.0441. The second-order valence-corrected chi connectivity index (χ2v) is 4.85. The summed E-state index contributed by atoms with van der Waals surface area (Å²) in [6.07, 6.45) is 2.50. The summed E-state index contributed by atoms with van der Waals surface area (Å²) in [5.74, 6) is 0. The Bertz CT molecular complexity index is 462. The molecule has 0 bridgehead atoms. The summed E-state index contributed by atoms with van der Waals surface area (Å²) in [4.78, 5) is 13.5. The molecular weight excluding hydrogens is 242 g/mol. The maximum absolute atomic E-state index is 11.4. The molecule has 1 fully saturated rings. The van der Waals surface area contributed by atoms with E-state index in [0.717, 1.165) is 13.0 Å². The molecule has 5 nitrogen and oxygen atoms in total. The van der Waals surface area contributed by atoms with Crippen molar-refractivity contribution in [2.75, 3.05) is 24.6 Å². The van der Waals surface area contributed by atoms with Gasteiger partial charge in [-0.1, -0.05) is 18.5 Å². The molecule has 2 heterocycles. The van der Waals surface area contributed by atoms with Gasteiger partial charge in [-0.05, 0) is 13.3 Å². The van der Waals surface area contributed by atoms with Gasteiger partial charge in [-0.15, -0.1) is 0 Å². The standard InChI is InChI=1S/C11H16ClN3O2/c1-3-11(2)7-15(4-5-17-11)8-6-13-14-10(16)9(8)12/h6H,3-5,7H2,1-2H3,(H,14,16). The molecule has 0 spiro atoms. The highest BCUT2D eigenvalue weighted by Gasteiger charge is 2.31. The lowest BCUT2D eigenvalue weighted by atomic mass is 10.0. The van der Waals surface area contributed by atoms with Gasteiger partial charge < -0.3 is 9.64 Å². The van der Waals surface area contributed by atoms with Crippen molar-refractivity contribution in [3.8, 4) is 0 Å². The fraction of sp³-hybridized carbons (Fsp3) is 0.636. The van der Waals surface area contributed by atoms with E-state index in [4.69, 9.17) is 16.3 Å². The van der Waals surface area contributed by atoms with Crippen LogP contribution in [0, 0.1) is 0 Å². The lowest BCUT2D eigenvalue weighted by Gasteiger charge is -2.41. The summed E-state index contributed by atoms with van der Waals surface area (Å²) in [5, 5.41) is 6.30. The summed E-state index contributed by atoms with van der Waals surface area (Å²) >= 11 is 6.00. The molecule has 0 amide bonds. The largest absolute Gasteiger partial charge is 0.372 e. The summed E-state index contributed by atoms with van der Waals surface area (Å²) in [5.41, 5.74) is 0.136. The Morgan fingerprint density at radius 1 is 1.71 bits per heavy atom. The molecule has 1 aromatic heterocycles. The van der Waals surface area contributed by atoms with Crippen LogP contribution < -0.4 is 10.5 Å². The van der Waals surface area contributed by atoms with Gasteiger partial charge in [-0.3, -0.25) is 4.79 Å². The van der Waals surface area contributed by atoms with Crippen molar-refractivity contribution in [3.05, 3.63) is 21.6 Å². The van der Waals surface area contributed by atoms with E-state index in [0.29, 0.717) is 18.8 Å². The molecule has 1 saturated heterocycles. The fourth-order valence-corrected chi connectivity index (χ4v) is 2.16. The number of aromatic amines is 1. The SMILES string of the molecule is CCC1(C)CN(c2cn[nH]c(=O)c2Cl)CCO1. The maximum Gasteiger partial charge on any atom is 0.285 e. The number of aromatic nitrogens is 2. The van der Waals surface area contributed by atoms with E-state index >= 15 is 0 Å². The minimum atomic E-state index is -0.353. The molecule has 6 heteroatoms. The Morgan fingerprint density at radius 3 is 3.18 bits per heavy atom. The van der Waals surface area contributed by atoms with Crippen molar-refractivity contribution in [3.63, 3.8) is 0 Å². The molecule has 0 saturated carbocycles. The molecule has 1 atom stereocenters. The van der Waals surface area contributed by atoms with Crippen LogP contribution in [0.25, 0.3) is 0 Å². The number of rotatable bonds is 2. The molecule has 2 rings (SSSR count). The van der Waals surface area contributed by atoms with E-state index in [1.54, 1.807) is 6.20 Å². The van der Waals surface area contributed by atoms with E-state index in [1.807, 2.05) is 0 Å². The third kappa shape index (κ3) is 2.45. The van der Waals surface area contributed by atoms with Gasteiger partial charge in [-0.25, -0.2) is 5.10 Å². The molecular formula is C11H16ClN3O2. The number of nitrogens with one attached hydrogen (secondary N) is 1. The average molecular weight is 258 g/mol. The van der Waals surface area contributed by atoms with Crippen LogP contribution in [0.3, 0.4) is 0 Å². The topological polar surface area (TPSA) is 58.2 Å². The van der Waals surface area contributed by atoms with Gasteiger partial charge in [0.1, 0.15) is 5.02 Å². The highest BCUT2D eigenvalue weighted by molar-refractivity contribution is 6.33. The Hall–Kier alpha value is -1.07. The molecule has 1 aliphatic rings. The van der Waals surface area contributed by atoms with Gasteiger partial charge in [-0.2, -0.15) is 5.10 Å². The van der Waals surface area contributed by atoms with Crippen LogP contribution in [0.4, 0.5) is 5.69 Å². The first-order valence-electron chi connectivity index (χ1n) is 5.68. The maximum atomic E-state index is 11.4. The van der Waals surface area contributed by atoms with Crippen molar-refractivity contribution in [1.29, 1.82) is 0 Å². The minimum absolute atomic E-state index is 0.190. The average Bonchev–Trinajstić information content (AvgIpc) is 2.33. The highest BCUT2D eigenvalue weighted by atomic mass is 35.5. The zero-order valence-electron chi connectivity index (χ0n) is 9.99. The molecule has 1 aromatic rings. The second kappa shape index (κ2) is 4.66. The van der Waals surface area contributed by atoms with Crippen molar-refractivity contribution >= 4 is 17.3 Å². The Labute approximate surface area is 105 Å². The zero-order valence-corrected chi connectivity index (χ0v) is 10.8. The van der Waals surface area contributed by atoms with Crippen LogP contribution in [0.15, 0.2) is 11.0 Å². The monoisotopic (exact) mass is 257 g/mol. The number of hydrogen-bond acceptors (Lipinski definition) is 4. The summed E-state index contributed by atoms with van der Waals surface area (Å²) in [6.45, 7) is 6.22. The van der Waals surface area contributed by atoms with Gasteiger partial charge >= 0.3 is 0 Å². The lowest BCUT2D eigenvalue weighted by Crippen LogP contribution is -2.50. The first kappa shape index (κ1) is 12.4. The number of halogens is 1. The van der Waals surface area contributed by atoms with Crippen molar-refractivity contribution < 1.29 is 4.74 Å². The molecule has 0 aromatic carbocycles. The molecule has 0 aliphatic carbocycles. The number of anilines is 1. The normalized spacial score (nSPS) is 25.0. The van der Waals surface area contributed by atoms with Gasteiger partial charge in [0.2, 0.25) is 0 Å². The third-order valence-corrected chi connectivity index (χ3v) is 3.57. The van der Waals surface area contributed by atoms with Crippen molar-refractivity contribution in [2.45, 2.75) is 25.9 Å². The Morgan fingerprint density at radius 2 is 2.47 bits per heavy atom. The molecule has 1 aliphatic heterocycles. The van der Waals surface area contributed by atoms with Crippen LogP contribution >= 0.6 is 11.6 Å². The smallest absolute Gasteiger partial charge is 0.285 e. The minimum Gasteiger partial charge on any atom is -0.372 e. The Balaban J connectivity index is 2.28. The number of H-pyrrole nitrogens is 1. The van der Waals surface area contributed by atoms with Gasteiger partial charge in [0.25, 0.3) is 5.56 Å². The van der Waals surface area contributed by atoms with E-state index in [9.17, 15) is 4.79 Å². The molecule has 1 unspecified atom stereocenters. The predicted octanol–water partition coefficient (Wildman–Crippen LogP) is 1.43. The summed E-state index contributed by atoms with van der Waals surface area (Å²) < 4.78 is 5.75. The zero-order chi connectivity index (χ0) is 12.5. The Kier molecular flexibility index (Phi) is 3.40. The van der Waals surface area contributed by atoms with Gasteiger partial charge in [0, 0.05) is 13.1 Å². The van der Waals surface area contributed by atoms with E-state index in [1.165, 1.54) is 0 Å². The molecule has 0 radical (unpaired) electrons. The van der Waals surface area contributed by atoms with E-state index in [2.05, 4.69) is 28.9 Å². The molecule has 94 valence electrons. The summed E-state index contributed by atoms with van der Waals surface area (Å²) in [7, 11) is 0. The first-order chi connectivity index (χ1) is 8.06. The fourth-order valence-electron chi connectivity index (χ4n) is 1.94. The van der Waals surface area contributed by atoms with Crippen LogP contribution in [-0.4, -0.2) is 35.5 Å². The van der Waals surface area contributed by atoms with Crippen LogP contribution in [-0.2, 0) is 4.74 Å². The van der Waals surface area contributed by atoms with Crippen LogP contribution in [0.5, 0.6) is 0 Å². The second-order valence-electron chi connectivity index (χ2n) is 4.47. The third-order valence-electron chi connectivity index (χ3n) is 3.20. The van der Waals surface area contributed by atoms with Gasteiger partial charge in [0.05, 0.1) is 24.1 Å². The van der Waals surface area contributed by atoms with Crippen LogP contribution in [0.1, 0.15) is 20.3 Å². The van der Waals surface area contributed by atoms with Crippen molar-refractivity contribution in [1.82, 2.24) is 10.2 Å². The van der Waals surface area contributed by atoms with Crippen molar-refractivity contribution in [2.24, 2.45) is 0 Å².